The monoisotopic (exact) mass is 136 g/mol. The van der Waals surface area contributed by atoms with E-state index in [-0.39, 0.29) is 6.29 Å². The average Bonchev–Trinajstić information content (AvgIpc) is 1.63. The summed E-state index contributed by atoms with van der Waals surface area (Å²) in [6, 6.07) is 0. The second-order valence-electron chi connectivity index (χ2n) is 1.71. The van der Waals surface area contributed by atoms with Crippen LogP contribution in [0.3, 0.4) is 0 Å². The van der Waals surface area contributed by atoms with Crippen molar-refractivity contribution in [1.29, 1.82) is 0 Å². The minimum Gasteiger partial charge on any atom is -0.287 e. The number of rotatable bonds is 0. The Hall–Kier alpha value is 0.110. The Labute approximate surface area is 46.3 Å². The molecule has 3 heterocycles. The molecule has 5 heteroatoms. The Balaban J connectivity index is 2.17. The van der Waals surface area contributed by atoms with Crippen molar-refractivity contribution in [1.82, 2.24) is 0 Å². The van der Waals surface area contributed by atoms with Gasteiger partial charge in [0.1, 0.15) is 0 Å². The molecule has 4 nitrogen and oxygen atoms in total. The third-order valence-corrected chi connectivity index (χ3v) is 2.58. The summed E-state index contributed by atoms with van der Waals surface area (Å²) in [6.07, 6.45) is 0.457. The summed E-state index contributed by atoms with van der Waals surface area (Å²) in [4.78, 5) is 0. The van der Waals surface area contributed by atoms with Gasteiger partial charge in [0.2, 0.25) is 0 Å². The molecule has 0 amide bonds. The van der Waals surface area contributed by atoms with Gasteiger partial charge in [-0.3, -0.25) is 13.6 Å². The second-order valence-corrected chi connectivity index (χ2v) is 3.28. The van der Waals surface area contributed by atoms with Crippen LogP contribution in [0, 0.1) is 0 Å². The van der Waals surface area contributed by atoms with E-state index in [2.05, 4.69) is 13.6 Å². The molecular weight excluding hydrogens is 131 g/mol. The largest absolute Gasteiger partial charge is 0.479 e. The Morgan fingerprint density at radius 3 is 2.50 bits per heavy atom. The Bertz CT molecular complexity index is 137. The summed E-state index contributed by atoms with van der Waals surface area (Å²) in [5.74, 6) is 0. The lowest BCUT2D eigenvalue weighted by molar-refractivity contribution is -0.163. The molecule has 0 saturated carbocycles. The first-order valence-electron chi connectivity index (χ1n) is 2.40. The smallest absolute Gasteiger partial charge is 0.287 e. The van der Waals surface area contributed by atoms with E-state index < -0.39 is 7.82 Å². The standard InChI is InChI=1S/C3H5O4P/c4-8-5-2-1-3(6-8)7-8/h3H,1-2H2. The lowest BCUT2D eigenvalue weighted by atomic mass is 10.4. The maximum absolute atomic E-state index is 10.6. The van der Waals surface area contributed by atoms with Crippen LogP contribution in [0.15, 0.2) is 0 Å². The summed E-state index contributed by atoms with van der Waals surface area (Å²) in [7, 11) is -2.94. The van der Waals surface area contributed by atoms with E-state index in [1.54, 1.807) is 0 Å². The predicted octanol–water partition coefficient (Wildman–Crippen LogP) is 0.888. The zero-order chi connectivity index (χ0) is 5.61. The fraction of sp³-hybridized carbons (Fsp3) is 1.00. The first kappa shape index (κ1) is 4.94. The highest BCUT2D eigenvalue weighted by molar-refractivity contribution is 7.49. The fourth-order valence-electron chi connectivity index (χ4n) is 0.723. The summed E-state index contributed by atoms with van der Waals surface area (Å²) in [6.45, 7) is 0.502. The molecule has 0 N–H and O–H groups in total. The number of phosphoric acid groups is 1. The van der Waals surface area contributed by atoms with Gasteiger partial charge < -0.3 is 0 Å². The van der Waals surface area contributed by atoms with E-state index in [0.717, 1.165) is 0 Å². The third-order valence-electron chi connectivity index (χ3n) is 1.10. The maximum atomic E-state index is 10.6. The maximum Gasteiger partial charge on any atom is 0.479 e. The van der Waals surface area contributed by atoms with Crippen LogP contribution >= 0.6 is 7.82 Å². The molecule has 2 bridgehead atoms. The van der Waals surface area contributed by atoms with Crippen LogP contribution in [-0.4, -0.2) is 12.9 Å². The lowest BCUT2D eigenvalue weighted by Gasteiger charge is -2.38. The molecule has 0 aromatic heterocycles. The summed E-state index contributed by atoms with van der Waals surface area (Å²) >= 11 is 0. The molecule has 0 aliphatic carbocycles. The van der Waals surface area contributed by atoms with Gasteiger partial charge in [0.25, 0.3) is 0 Å². The number of phosphoric ester groups is 1. The van der Waals surface area contributed by atoms with Crippen LogP contribution in [0.1, 0.15) is 6.42 Å². The number of fused-ring (bicyclic) bond motifs is 2. The molecule has 0 radical (unpaired) electrons. The Morgan fingerprint density at radius 1 is 1.50 bits per heavy atom. The zero-order valence-electron chi connectivity index (χ0n) is 4.07. The molecule has 3 aliphatic rings. The molecule has 8 heavy (non-hydrogen) atoms. The molecule has 0 aromatic carbocycles. The van der Waals surface area contributed by atoms with Crippen molar-refractivity contribution in [2.24, 2.45) is 0 Å². The topological polar surface area (TPSA) is 44.8 Å². The molecule has 0 spiro atoms. The molecule has 0 aromatic rings. The van der Waals surface area contributed by atoms with E-state index in [4.69, 9.17) is 0 Å². The number of hydrogen-bond donors (Lipinski definition) is 0. The van der Waals surface area contributed by atoms with Gasteiger partial charge in [-0.15, -0.1) is 0 Å². The highest BCUT2D eigenvalue weighted by Crippen LogP contribution is 2.63. The van der Waals surface area contributed by atoms with Crippen molar-refractivity contribution in [3.8, 4) is 0 Å². The van der Waals surface area contributed by atoms with Crippen LogP contribution < -0.4 is 0 Å². The van der Waals surface area contributed by atoms with Gasteiger partial charge in [0.05, 0.1) is 6.61 Å². The first-order valence-corrected chi connectivity index (χ1v) is 3.86. The molecular formula is C3H5O4P. The predicted molar refractivity (Wildman–Crippen MR) is 24.1 cm³/mol. The van der Waals surface area contributed by atoms with Gasteiger partial charge in [0, 0.05) is 6.42 Å². The third kappa shape index (κ3) is 0.545. The van der Waals surface area contributed by atoms with Crippen molar-refractivity contribution >= 4 is 7.82 Å². The zero-order valence-corrected chi connectivity index (χ0v) is 4.97. The van der Waals surface area contributed by atoms with Gasteiger partial charge >= 0.3 is 7.82 Å². The average molecular weight is 136 g/mol. The molecule has 3 saturated heterocycles. The Morgan fingerprint density at radius 2 is 2.25 bits per heavy atom. The fourth-order valence-corrected chi connectivity index (χ4v) is 1.98. The summed E-state index contributed by atoms with van der Waals surface area (Å²) in [5.41, 5.74) is 0. The molecule has 3 aliphatic heterocycles. The van der Waals surface area contributed by atoms with Crippen LogP contribution in [0.25, 0.3) is 0 Å². The second kappa shape index (κ2) is 1.33. The lowest BCUT2D eigenvalue weighted by Crippen LogP contribution is -2.33. The highest BCUT2D eigenvalue weighted by Gasteiger charge is 2.48. The van der Waals surface area contributed by atoms with Gasteiger partial charge in [-0.2, -0.15) is 0 Å². The SMILES string of the molecule is O=P12OCCC(O1)O2. The van der Waals surface area contributed by atoms with Gasteiger partial charge in [0.15, 0.2) is 6.29 Å². The summed E-state index contributed by atoms with van der Waals surface area (Å²) in [5, 5.41) is 0. The number of hydrogen-bond acceptors (Lipinski definition) is 4. The van der Waals surface area contributed by atoms with Crippen molar-refractivity contribution in [2.45, 2.75) is 12.7 Å². The minimum absolute atomic E-state index is 0.241. The van der Waals surface area contributed by atoms with Crippen LogP contribution in [0.2, 0.25) is 0 Å². The van der Waals surface area contributed by atoms with Gasteiger partial charge in [-0.1, -0.05) is 0 Å². The van der Waals surface area contributed by atoms with Crippen LogP contribution in [0.5, 0.6) is 0 Å². The highest BCUT2D eigenvalue weighted by atomic mass is 31.2. The van der Waals surface area contributed by atoms with Crippen molar-refractivity contribution in [3.05, 3.63) is 0 Å². The molecule has 0 atom stereocenters. The van der Waals surface area contributed by atoms with E-state index in [1.165, 1.54) is 0 Å². The van der Waals surface area contributed by atoms with E-state index in [9.17, 15) is 4.57 Å². The Kier molecular flexibility index (Phi) is 0.823. The molecule has 3 fully saturated rings. The molecule has 3 rings (SSSR count). The van der Waals surface area contributed by atoms with E-state index in [1.807, 2.05) is 0 Å². The van der Waals surface area contributed by atoms with E-state index in [0.29, 0.717) is 13.0 Å². The van der Waals surface area contributed by atoms with Crippen molar-refractivity contribution in [3.63, 3.8) is 0 Å². The van der Waals surface area contributed by atoms with Crippen LogP contribution in [0.4, 0.5) is 0 Å². The molecule has 46 valence electrons. The first-order chi connectivity index (χ1) is 3.79. The molecule has 0 unspecified atom stereocenters. The normalized spacial score (nSPS) is 52.8. The van der Waals surface area contributed by atoms with E-state index >= 15 is 0 Å². The van der Waals surface area contributed by atoms with Crippen LogP contribution in [-0.2, 0) is 18.1 Å². The summed E-state index contributed by atoms with van der Waals surface area (Å²) < 4.78 is 24.6. The minimum atomic E-state index is -2.94. The quantitative estimate of drug-likeness (QED) is 0.464. The van der Waals surface area contributed by atoms with Crippen molar-refractivity contribution < 1.29 is 18.1 Å². The van der Waals surface area contributed by atoms with Gasteiger partial charge in [-0.05, 0) is 0 Å². The van der Waals surface area contributed by atoms with Gasteiger partial charge in [-0.25, -0.2) is 4.57 Å². The van der Waals surface area contributed by atoms with Crippen molar-refractivity contribution in [2.75, 3.05) is 6.61 Å².